The highest BCUT2D eigenvalue weighted by Gasteiger charge is 2.23. The molecule has 0 aromatic heterocycles. The van der Waals surface area contributed by atoms with E-state index in [2.05, 4.69) is 37.2 Å². The van der Waals surface area contributed by atoms with Gasteiger partial charge in [-0.2, -0.15) is 0 Å². The molecule has 25 heavy (non-hydrogen) atoms. The number of benzene rings is 2. The molecule has 6 heteroatoms. The zero-order valence-electron chi connectivity index (χ0n) is 13.4. The van der Waals surface area contributed by atoms with Crippen LogP contribution >= 0.6 is 31.9 Å². The Labute approximate surface area is 163 Å². The van der Waals surface area contributed by atoms with Crippen LogP contribution in [0.2, 0.25) is 0 Å². The van der Waals surface area contributed by atoms with E-state index in [4.69, 9.17) is 4.74 Å². The summed E-state index contributed by atoms with van der Waals surface area (Å²) in [5.74, 6) is 0.645. The van der Waals surface area contributed by atoms with Crippen LogP contribution in [-0.2, 0) is 4.79 Å². The third kappa shape index (κ3) is 4.70. The highest BCUT2D eigenvalue weighted by atomic mass is 79.9. The molecule has 1 heterocycles. The van der Waals surface area contributed by atoms with Crippen LogP contribution in [0, 0.1) is 0 Å². The van der Waals surface area contributed by atoms with Crippen LogP contribution in [0.15, 0.2) is 51.4 Å². The van der Waals surface area contributed by atoms with E-state index in [9.17, 15) is 9.59 Å². The summed E-state index contributed by atoms with van der Waals surface area (Å²) in [7, 11) is 0. The highest BCUT2D eigenvalue weighted by Crippen LogP contribution is 2.34. The van der Waals surface area contributed by atoms with E-state index >= 15 is 0 Å². The third-order valence-electron chi connectivity index (χ3n) is 4.09. The summed E-state index contributed by atoms with van der Waals surface area (Å²) >= 11 is 6.79. The van der Waals surface area contributed by atoms with E-state index in [1.807, 2.05) is 30.3 Å². The van der Waals surface area contributed by atoms with Crippen LogP contribution in [0.5, 0.6) is 5.75 Å². The molecule has 1 amide bonds. The molecule has 0 saturated carbocycles. The number of Topliss-reactive ketones (excluding diaryl/α,β-unsaturated/α-hetero) is 1. The topological polar surface area (TPSA) is 55.4 Å². The summed E-state index contributed by atoms with van der Waals surface area (Å²) < 4.78 is 7.49. The number of amides is 1. The molecule has 1 aliphatic heterocycles. The number of ketones is 1. The van der Waals surface area contributed by atoms with Gasteiger partial charge >= 0.3 is 0 Å². The number of nitrogens with one attached hydrogen (secondary N) is 1. The van der Waals surface area contributed by atoms with Gasteiger partial charge in [0.2, 0.25) is 5.91 Å². The summed E-state index contributed by atoms with van der Waals surface area (Å²) in [5.41, 5.74) is 1.59. The molecule has 4 nitrogen and oxygen atoms in total. The van der Waals surface area contributed by atoms with Gasteiger partial charge in [0.05, 0.1) is 12.6 Å². The van der Waals surface area contributed by atoms with Gasteiger partial charge in [-0.15, -0.1) is 0 Å². The second kappa shape index (κ2) is 8.15. The molecule has 1 atom stereocenters. The Hall–Kier alpha value is -1.66. The van der Waals surface area contributed by atoms with Crippen molar-refractivity contribution in [3.05, 3.63) is 62.5 Å². The Kier molecular flexibility index (Phi) is 5.91. The fourth-order valence-electron chi connectivity index (χ4n) is 2.79. The highest BCUT2D eigenvalue weighted by molar-refractivity contribution is 9.10. The average Bonchev–Trinajstić information content (AvgIpc) is 2.61. The van der Waals surface area contributed by atoms with Gasteiger partial charge < -0.3 is 10.1 Å². The van der Waals surface area contributed by atoms with Crippen molar-refractivity contribution in [2.24, 2.45) is 0 Å². The van der Waals surface area contributed by atoms with E-state index in [-0.39, 0.29) is 30.6 Å². The fraction of sp³-hybridized carbons (Fsp3) is 0.263. The molecule has 0 saturated heterocycles. The number of halogens is 2. The lowest BCUT2D eigenvalue weighted by atomic mass is 10.00. The molecule has 1 aliphatic rings. The van der Waals surface area contributed by atoms with E-state index in [0.717, 1.165) is 26.7 Å². The zero-order chi connectivity index (χ0) is 17.8. The van der Waals surface area contributed by atoms with Crippen molar-refractivity contribution in [2.75, 3.05) is 6.61 Å². The largest absolute Gasteiger partial charge is 0.493 e. The number of rotatable bonds is 5. The zero-order valence-corrected chi connectivity index (χ0v) is 16.6. The van der Waals surface area contributed by atoms with Crippen LogP contribution in [0.1, 0.15) is 41.2 Å². The summed E-state index contributed by atoms with van der Waals surface area (Å²) in [6.07, 6.45) is 1.09. The minimum Gasteiger partial charge on any atom is -0.493 e. The number of hydrogen-bond acceptors (Lipinski definition) is 3. The Morgan fingerprint density at radius 2 is 1.76 bits per heavy atom. The predicted octanol–water partition coefficient (Wildman–Crippen LogP) is 4.81. The number of hydrogen-bond donors (Lipinski definition) is 1. The average molecular weight is 467 g/mol. The lowest BCUT2D eigenvalue weighted by molar-refractivity contribution is -0.122. The van der Waals surface area contributed by atoms with Crippen molar-refractivity contribution in [3.63, 3.8) is 0 Å². The summed E-state index contributed by atoms with van der Waals surface area (Å²) in [6, 6.07) is 12.9. The molecule has 0 bridgehead atoms. The van der Waals surface area contributed by atoms with Gasteiger partial charge in [-0.05, 0) is 30.3 Å². The van der Waals surface area contributed by atoms with Crippen LogP contribution in [-0.4, -0.2) is 18.3 Å². The molecule has 0 spiro atoms. The van der Waals surface area contributed by atoms with Gasteiger partial charge in [-0.25, -0.2) is 0 Å². The maximum absolute atomic E-state index is 12.3. The Morgan fingerprint density at radius 1 is 1.04 bits per heavy atom. The van der Waals surface area contributed by atoms with Crippen molar-refractivity contribution in [1.82, 2.24) is 5.32 Å². The molecule has 2 aromatic carbocycles. The third-order valence-corrected chi connectivity index (χ3v) is 5.11. The molecule has 1 N–H and O–H groups in total. The number of carbonyl (C=O) groups excluding carboxylic acids is 2. The molecular weight excluding hydrogens is 450 g/mol. The van der Waals surface area contributed by atoms with Gasteiger partial charge in [0, 0.05) is 39.3 Å². The molecule has 0 aliphatic carbocycles. The van der Waals surface area contributed by atoms with Crippen LogP contribution in [0.3, 0.4) is 0 Å². The maximum atomic E-state index is 12.3. The Bertz CT molecular complexity index is 790. The first-order chi connectivity index (χ1) is 12.0. The number of carbonyl (C=O) groups is 2. The van der Waals surface area contributed by atoms with Crippen LogP contribution in [0.25, 0.3) is 0 Å². The monoisotopic (exact) mass is 465 g/mol. The first kappa shape index (κ1) is 18.1. The molecule has 0 fully saturated rings. The molecular formula is C19H17Br2NO3. The lowest BCUT2D eigenvalue weighted by Gasteiger charge is -2.27. The van der Waals surface area contributed by atoms with Crippen molar-refractivity contribution in [2.45, 2.75) is 25.3 Å². The lowest BCUT2D eigenvalue weighted by Crippen LogP contribution is -2.32. The number of fused-ring (bicyclic) bond motifs is 1. The second-order valence-electron chi connectivity index (χ2n) is 5.87. The predicted molar refractivity (Wildman–Crippen MR) is 103 cm³/mol. The quantitative estimate of drug-likeness (QED) is 0.643. The van der Waals surface area contributed by atoms with Crippen molar-refractivity contribution >= 4 is 43.6 Å². The van der Waals surface area contributed by atoms with Gasteiger partial charge in [0.1, 0.15) is 5.75 Å². The molecule has 0 radical (unpaired) electrons. The van der Waals surface area contributed by atoms with E-state index in [1.54, 1.807) is 12.1 Å². The Balaban J connectivity index is 1.58. The van der Waals surface area contributed by atoms with Gasteiger partial charge in [-0.1, -0.05) is 44.0 Å². The summed E-state index contributed by atoms with van der Waals surface area (Å²) in [4.78, 5) is 24.4. The summed E-state index contributed by atoms with van der Waals surface area (Å²) in [6.45, 7) is 0.567. The van der Waals surface area contributed by atoms with Crippen molar-refractivity contribution in [3.8, 4) is 5.75 Å². The molecule has 1 unspecified atom stereocenters. The Morgan fingerprint density at radius 3 is 2.52 bits per heavy atom. The SMILES string of the molecule is O=C(CCC(=O)c1ccc(Br)cc1)NC1CCOc2ccc(Br)cc21. The van der Waals surface area contributed by atoms with E-state index < -0.39 is 0 Å². The first-order valence-electron chi connectivity index (χ1n) is 8.03. The summed E-state index contributed by atoms with van der Waals surface area (Å²) in [5, 5.41) is 3.02. The van der Waals surface area contributed by atoms with Crippen LogP contribution in [0.4, 0.5) is 0 Å². The molecule has 2 aromatic rings. The van der Waals surface area contributed by atoms with E-state index in [1.165, 1.54) is 0 Å². The van der Waals surface area contributed by atoms with Crippen molar-refractivity contribution < 1.29 is 14.3 Å². The fourth-order valence-corrected chi connectivity index (χ4v) is 3.43. The van der Waals surface area contributed by atoms with Gasteiger partial charge in [0.15, 0.2) is 5.78 Å². The van der Waals surface area contributed by atoms with Gasteiger partial charge in [0.25, 0.3) is 0 Å². The minimum absolute atomic E-state index is 0.0298. The smallest absolute Gasteiger partial charge is 0.220 e. The maximum Gasteiger partial charge on any atom is 0.220 e. The van der Waals surface area contributed by atoms with E-state index in [0.29, 0.717) is 12.2 Å². The van der Waals surface area contributed by atoms with Crippen molar-refractivity contribution in [1.29, 1.82) is 0 Å². The normalized spacial score (nSPS) is 15.8. The standard InChI is InChI=1S/C19H17Br2NO3/c20-13-3-1-12(2-4-13)17(23)6-8-19(24)22-16-9-10-25-18-7-5-14(21)11-15(16)18/h1-5,7,11,16H,6,8-10H2,(H,22,24). The second-order valence-corrected chi connectivity index (χ2v) is 7.70. The van der Waals surface area contributed by atoms with Gasteiger partial charge in [-0.3, -0.25) is 9.59 Å². The number of ether oxygens (including phenoxy) is 1. The first-order valence-corrected chi connectivity index (χ1v) is 9.62. The molecule has 130 valence electrons. The molecule has 3 rings (SSSR count). The minimum atomic E-state index is -0.122. The van der Waals surface area contributed by atoms with Crippen LogP contribution < -0.4 is 10.1 Å².